The number of halogens is 1. The molecule has 1 amide bonds. The topological polar surface area (TPSA) is 41.6 Å². The van der Waals surface area contributed by atoms with Crippen LogP contribution in [0, 0.1) is 12.7 Å². The first kappa shape index (κ1) is 19.8. The molecule has 0 aromatic heterocycles. The quantitative estimate of drug-likeness (QED) is 0.673. The van der Waals surface area contributed by atoms with Crippen molar-refractivity contribution in [3.63, 3.8) is 0 Å². The lowest BCUT2D eigenvalue weighted by molar-refractivity contribution is -0.122. The van der Waals surface area contributed by atoms with Gasteiger partial charge in [0, 0.05) is 13.1 Å². The fraction of sp³-hybridized carbons (Fsp3) is 0.261. The predicted octanol–water partition coefficient (Wildman–Crippen LogP) is 4.04. The van der Waals surface area contributed by atoms with Crippen molar-refractivity contribution in [1.29, 1.82) is 0 Å². The number of carbonyl (C=O) groups excluding carboxylic acids is 1. The Balaban J connectivity index is 1.54. The maximum atomic E-state index is 13.3. The highest BCUT2D eigenvalue weighted by atomic mass is 19.1. The smallest absolute Gasteiger partial charge is 0.234 e. The zero-order valence-electron chi connectivity index (χ0n) is 16.5. The lowest BCUT2D eigenvalue weighted by Gasteiger charge is -2.17. The standard InChI is InChI=1S/C23H25FN2O2/c1-16-10-17(5-9-22(16)24)13-25-23(27)15-26(2)14-18-4-6-20-12-21(28-3)8-7-19(20)11-18/h4-12H,13-15H2,1-3H3,(H,25,27). The Hall–Kier alpha value is -2.92. The van der Waals surface area contributed by atoms with E-state index in [-0.39, 0.29) is 11.7 Å². The number of hydrogen-bond donors (Lipinski definition) is 1. The van der Waals surface area contributed by atoms with Crippen LogP contribution in [0.1, 0.15) is 16.7 Å². The van der Waals surface area contributed by atoms with Crippen LogP contribution in [-0.2, 0) is 17.9 Å². The normalized spacial score (nSPS) is 11.0. The van der Waals surface area contributed by atoms with E-state index in [1.165, 1.54) is 6.07 Å². The minimum atomic E-state index is -0.233. The molecule has 0 aliphatic rings. The number of hydrogen-bond acceptors (Lipinski definition) is 3. The molecule has 0 atom stereocenters. The summed E-state index contributed by atoms with van der Waals surface area (Å²) in [5.74, 6) is 0.545. The van der Waals surface area contributed by atoms with Gasteiger partial charge in [-0.15, -0.1) is 0 Å². The monoisotopic (exact) mass is 380 g/mol. The first-order valence-corrected chi connectivity index (χ1v) is 9.21. The van der Waals surface area contributed by atoms with Crippen LogP contribution in [0.15, 0.2) is 54.6 Å². The fourth-order valence-corrected chi connectivity index (χ4v) is 3.18. The summed E-state index contributed by atoms with van der Waals surface area (Å²) in [5, 5.41) is 5.15. The molecular weight excluding hydrogens is 355 g/mol. The minimum Gasteiger partial charge on any atom is -0.497 e. The first-order valence-electron chi connectivity index (χ1n) is 9.21. The molecule has 3 aromatic rings. The molecule has 1 N–H and O–H groups in total. The third kappa shape index (κ3) is 5.08. The summed E-state index contributed by atoms with van der Waals surface area (Å²) in [6, 6.07) is 17.1. The van der Waals surface area contributed by atoms with Gasteiger partial charge in [0.05, 0.1) is 13.7 Å². The summed E-state index contributed by atoms with van der Waals surface area (Å²) >= 11 is 0. The van der Waals surface area contributed by atoms with Crippen molar-refractivity contribution in [3.05, 3.63) is 77.1 Å². The van der Waals surface area contributed by atoms with Gasteiger partial charge in [-0.25, -0.2) is 4.39 Å². The zero-order valence-corrected chi connectivity index (χ0v) is 16.5. The van der Waals surface area contributed by atoms with Crippen molar-refractivity contribution < 1.29 is 13.9 Å². The number of nitrogens with zero attached hydrogens (tertiary/aromatic N) is 1. The number of carbonyl (C=O) groups is 1. The number of likely N-dealkylation sites (N-methyl/N-ethyl adjacent to an activating group) is 1. The van der Waals surface area contributed by atoms with E-state index >= 15 is 0 Å². The number of rotatable bonds is 7. The molecule has 0 radical (unpaired) electrons. The average Bonchev–Trinajstić information content (AvgIpc) is 2.68. The molecule has 0 aliphatic carbocycles. The second kappa shape index (κ2) is 8.85. The third-order valence-corrected chi connectivity index (χ3v) is 4.69. The first-order chi connectivity index (χ1) is 13.4. The second-order valence-electron chi connectivity index (χ2n) is 7.08. The maximum absolute atomic E-state index is 13.3. The summed E-state index contributed by atoms with van der Waals surface area (Å²) in [6.07, 6.45) is 0. The molecule has 3 aromatic carbocycles. The molecule has 5 heteroatoms. The number of nitrogens with one attached hydrogen (secondary N) is 1. The van der Waals surface area contributed by atoms with Crippen molar-refractivity contribution in [2.75, 3.05) is 20.7 Å². The molecule has 0 bridgehead atoms. The maximum Gasteiger partial charge on any atom is 0.234 e. The third-order valence-electron chi connectivity index (χ3n) is 4.69. The van der Waals surface area contributed by atoms with E-state index in [9.17, 15) is 9.18 Å². The van der Waals surface area contributed by atoms with Crippen molar-refractivity contribution in [2.24, 2.45) is 0 Å². The van der Waals surface area contributed by atoms with Crippen LogP contribution in [0.3, 0.4) is 0 Å². The van der Waals surface area contributed by atoms with Crippen molar-refractivity contribution >= 4 is 16.7 Å². The SMILES string of the molecule is COc1ccc2cc(CN(C)CC(=O)NCc3ccc(F)c(C)c3)ccc2c1. The van der Waals surface area contributed by atoms with Crippen LogP contribution in [0.4, 0.5) is 4.39 Å². The number of aryl methyl sites for hydroxylation is 1. The van der Waals surface area contributed by atoms with Gasteiger partial charge in [-0.1, -0.05) is 30.3 Å². The number of methoxy groups -OCH3 is 1. The second-order valence-corrected chi connectivity index (χ2v) is 7.08. The van der Waals surface area contributed by atoms with E-state index in [4.69, 9.17) is 4.74 Å². The van der Waals surface area contributed by atoms with E-state index in [1.54, 1.807) is 26.2 Å². The largest absolute Gasteiger partial charge is 0.497 e. The fourth-order valence-electron chi connectivity index (χ4n) is 3.18. The van der Waals surface area contributed by atoms with E-state index in [0.717, 1.165) is 27.6 Å². The van der Waals surface area contributed by atoms with Crippen LogP contribution >= 0.6 is 0 Å². The van der Waals surface area contributed by atoms with Gasteiger partial charge < -0.3 is 10.1 Å². The summed E-state index contributed by atoms with van der Waals surface area (Å²) in [6.45, 7) is 3.07. The summed E-state index contributed by atoms with van der Waals surface area (Å²) in [4.78, 5) is 14.2. The molecule has 0 unspecified atom stereocenters. The van der Waals surface area contributed by atoms with Crippen molar-refractivity contribution in [3.8, 4) is 5.75 Å². The van der Waals surface area contributed by atoms with Crippen LogP contribution in [0.5, 0.6) is 5.75 Å². The van der Waals surface area contributed by atoms with Gasteiger partial charge in [-0.2, -0.15) is 0 Å². The Morgan fingerprint density at radius 2 is 1.75 bits per heavy atom. The number of ether oxygens (including phenoxy) is 1. The summed E-state index contributed by atoms with van der Waals surface area (Å²) in [5.41, 5.74) is 2.61. The van der Waals surface area contributed by atoms with E-state index in [2.05, 4.69) is 23.5 Å². The molecule has 4 nitrogen and oxygen atoms in total. The highest BCUT2D eigenvalue weighted by Crippen LogP contribution is 2.22. The van der Waals surface area contributed by atoms with E-state index in [0.29, 0.717) is 25.2 Å². The van der Waals surface area contributed by atoms with Gasteiger partial charge in [0.2, 0.25) is 5.91 Å². The molecule has 3 rings (SSSR count). The lowest BCUT2D eigenvalue weighted by atomic mass is 10.1. The summed E-state index contributed by atoms with van der Waals surface area (Å²) < 4.78 is 18.6. The van der Waals surface area contributed by atoms with E-state index in [1.807, 2.05) is 30.1 Å². The molecule has 0 saturated heterocycles. The van der Waals surface area contributed by atoms with Crippen molar-refractivity contribution in [2.45, 2.75) is 20.0 Å². The van der Waals surface area contributed by atoms with Crippen LogP contribution < -0.4 is 10.1 Å². The Morgan fingerprint density at radius 1 is 1.04 bits per heavy atom. The molecule has 0 fully saturated rings. The van der Waals surface area contributed by atoms with Crippen LogP contribution in [-0.4, -0.2) is 31.5 Å². The molecule has 0 saturated carbocycles. The Kier molecular flexibility index (Phi) is 6.26. The molecule has 28 heavy (non-hydrogen) atoms. The average molecular weight is 380 g/mol. The predicted molar refractivity (Wildman–Crippen MR) is 110 cm³/mol. The number of amides is 1. The van der Waals surface area contributed by atoms with Crippen LogP contribution in [0.25, 0.3) is 10.8 Å². The zero-order chi connectivity index (χ0) is 20.1. The number of fused-ring (bicyclic) bond motifs is 1. The Labute approximate surface area is 164 Å². The Bertz CT molecular complexity index is 987. The van der Waals surface area contributed by atoms with Crippen molar-refractivity contribution in [1.82, 2.24) is 10.2 Å². The summed E-state index contributed by atoms with van der Waals surface area (Å²) in [7, 11) is 3.58. The molecule has 0 spiro atoms. The van der Waals surface area contributed by atoms with E-state index < -0.39 is 0 Å². The van der Waals surface area contributed by atoms with Gasteiger partial charge >= 0.3 is 0 Å². The highest BCUT2D eigenvalue weighted by Gasteiger charge is 2.08. The number of benzene rings is 3. The minimum absolute atomic E-state index is 0.0602. The molecular formula is C23H25FN2O2. The van der Waals surface area contributed by atoms with Gasteiger partial charge in [0.15, 0.2) is 0 Å². The molecule has 146 valence electrons. The van der Waals surface area contributed by atoms with Gasteiger partial charge in [-0.3, -0.25) is 9.69 Å². The van der Waals surface area contributed by atoms with Gasteiger partial charge in [0.1, 0.15) is 11.6 Å². The van der Waals surface area contributed by atoms with Crippen LogP contribution in [0.2, 0.25) is 0 Å². The van der Waals surface area contributed by atoms with Gasteiger partial charge in [-0.05, 0) is 65.7 Å². The Morgan fingerprint density at radius 3 is 2.50 bits per heavy atom. The lowest BCUT2D eigenvalue weighted by Crippen LogP contribution is -2.34. The highest BCUT2D eigenvalue weighted by molar-refractivity contribution is 5.84. The molecule has 0 heterocycles. The van der Waals surface area contributed by atoms with Gasteiger partial charge in [0.25, 0.3) is 0 Å². The molecule has 0 aliphatic heterocycles.